The van der Waals surface area contributed by atoms with Crippen LogP contribution in [0.2, 0.25) is 0 Å². The molecule has 1 saturated heterocycles. The Bertz CT molecular complexity index is 660. The fourth-order valence-electron chi connectivity index (χ4n) is 1.97. The van der Waals surface area contributed by atoms with Gasteiger partial charge < -0.3 is 4.90 Å². The molecule has 1 aliphatic rings. The fourth-order valence-corrected chi connectivity index (χ4v) is 4.04. The van der Waals surface area contributed by atoms with Gasteiger partial charge in [-0.05, 0) is 24.4 Å². The van der Waals surface area contributed by atoms with Gasteiger partial charge in [0.15, 0.2) is 0 Å². The monoisotopic (exact) mass is 294 g/mol. The lowest BCUT2D eigenvalue weighted by Gasteiger charge is -2.31. The molecular weight excluding hydrogens is 284 g/mol. The largest absolute Gasteiger partial charge is 0.317 e. The first kappa shape index (κ1) is 12.3. The summed E-state index contributed by atoms with van der Waals surface area (Å²) in [6, 6.07) is 3.15. The van der Waals surface area contributed by atoms with Crippen molar-refractivity contribution in [1.29, 1.82) is 0 Å². The molecule has 3 amide bonds. The third-order valence-corrected chi connectivity index (χ3v) is 5.12. The quantitative estimate of drug-likeness (QED) is 0.810. The minimum Gasteiger partial charge on any atom is -0.317 e. The van der Waals surface area contributed by atoms with E-state index in [4.69, 9.17) is 0 Å². The van der Waals surface area contributed by atoms with Crippen LogP contribution in [-0.2, 0) is 9.59 Å². The Hall–Kier alpha value is -1.73. The third kappa shape index (κ3) is 2.04. The summed E-state index contributed by atoms with van der Waals surface area (Å²) >= 11 is 2.95. The second kappa shape index (κ2) is 4.43. The van der Waals surface area contributed by atoms with Crippen LogP contribution in [-0.4, -0.2) is 35.2 Å². The van der Waals surface area contributed by atoms with Gasteiger partial charge in [0.2, 0.25) is 11.8 Å². The number of rotatable bonds is 1. The number of hydrogen-bond donors (Lipinski definition) is 1. The first-order chi connectivity index (χ1) is 9.06. The molecule has 5 nitrogen and oxygen atoms in total. The summed E-state index contributed by atoms with van der Waals surface area (Å²) in [7, 11) is 0. The lowest BCUT2D eigenvalue weighted by Crippen LogP contribution is -2.58. The molecule has 3 rings (SSSR count). The lowest BCUT2D eigenvalue weighted by molar-refractivity contribution is -0.138. The fraction of sp³-hybridized carbons (Fsp3) is 0.250. The summed E-state index contributed by atoms with van der Waals surface area (Å²) < 4.78 is 2.10. The van der Waals surface area contributed by atoms with E-state index < -0.39 is 17.9 Å². The number of amides is 3. The first-order valence-corrected chi connectivity index (χ1v) is 7.37. The maximum atomic E-state index is 12.4. The molecule has 2 aromatic rings. The number of imide groups is 1. The van der Waals surface area contributed by atoms with Crippen molar-refractivity contribution in [1.82, 2.24) is 10.2 Å². The zero-order valence-corrected chi connectivity index (χ0v) is 11.6. The van der Waals surface area contributed by atoms with E-state index in [9.17, 15) is 14.4 Å². The third-order valence-electron chi connectivity index (χ3n) is 3.03. The molecule has 3 heterocycles. The number of carbonyl (C=O) groups excluding carboxylic acids is 3. The Labute approximate surface area is 116 Å². The zero-order valence-electron chi connectivity index (χ0n) is 10.0. The number of piperazine rings is 1. The summed E-state index contributed by atoms with van der Waals surface area (Å²) in [5.41, 5.74) is 0. The number of thiophene rings is 2. The molecule has 1 fully saturated rings. The van der Waals surface area contributed by atoms with Crippen molar-refractivity contribution in [2.45, 2.75) is 13.0 Å². The maximum Gasteiger partial charge on any atom is 0.265 e. The van der Waals surface area contributed by atoms with E-state index in [1.807, 2.05) is 17.5 Å². The minimum absolute atomic E-state index is 0.0721. The molecule has 0 bridgehead atoms. The molecule has 98 valence electrons. The van der Waals surface area contributed by atoms with E-state index in [0.717, 1.165) is 9.40 Å². The summed E-state index contributed by atoms with van der Waals surface area (Å²) in [6.07, 6.45) is 0. The SMILES string of the molecule is CC1C(=O)NC(=O)CN1C(=O)c1cc2sccc2s1. The van der Waals surface area contributed by atoms with Gasteiger partial charge in [-0.25, -0.2) is 0 Å². The Kier molecular flexibility index (Phi) is 2.87. The first-order valence-electron chi connectivity index (χ1n) is 5.68. The molecule has 1 N–H and O–H groups in total. The highest BCUT2D eigenvalue weighted by molar-refractivity contribution is 7.27. The second-order valence-electron chi connectivity index (χ2n) is 4.28. The van der Waals surface area contributed by atoms with Gasteiger partial charge in [-0.2, -0.15) is 0 Å². The standard InChI is InChI=1S/C12H10N2O3S2/c1-6-11(16)13-10(15)5-14(6)12(17)9-4-8-7(19-9)2-3-18-8/h2-4,6H,5H2,1H3,(H,13,15,16). The van der Waals surface area contributed by atoms with Gasteiger partial charge in [0, 0.05) is 9.40 Å². The molecule has 2 aromatic heterocycles. The van der Waals surface area contributed by atoms with Crippen molar-refractivity contribution < 1.29 is 14.4 Å². The van der Waals surface area contributed by atoms with Crippen LogP contribution in [0.4, 0.5) is 0 Å². The molecule has 0 spiro atoms. The molecule has 1 aliphatic heterocycles. The van der Waals surface area contributed by atoms with E-state index >= 15 is 0 Å². The van der Waals surface area contributed by atoms with E-state index in [0.29, 0.717) is 4.88 Å². The molecule has 0 saturated carbocycles. The average molecular weight is 294 g/mol. The van der Waals surface area contributed by atoms with Crippen molar-refractivity contribution in [3.8, 4) is 0 Å². The van der Waals surface area contributed by atoms with Crippen molar-refractivity contribution in [3.05, 3.63) is 22.4 Å². The predicted octanol–water partition coefficient (Wildman–Crippen LogP) is 1.45. The van der Waals surface area contributed by atoms with Crippen LogP contribution >= 0.6 is 22.7 Å². The van der Waals surface area contributed by atoms with Crippen molar-refractivity contribution in [2.75, 3.05) is 6.54 Å². The van der Waals surface area contributed by atoms with Crippen molar-refractivity contribution >= 4 is 49.8 Å². The molecule has 19 heavy (non-hydrogen) atoms. The number of fused-ring (bicyclic) bond motifs is 1. The summed E-state index contributed by atoms with van der Waals surface area (Å²) in [4.78, 5) is 37.2. The summed E-state index contributed by atoms with van der Waals surface area (Å²) in [5, 5.41) is 4.19. The maximum absolute atomic E-state index is 12.4. The number of nitrogens with zero attached hydrogens (tertiary/aromatic N) is 1. The summed E-state index contributed by atoms with van der Waals surface area (Å²) in [5.74, 6) is -1.12. The molecule has 7 heteroatoms. The predicted molar refractivity (Wildman–Crippen MR) is 73.4 cm³/mol. The van der Waals surface area contributed by atoms with Gasteiger partial charge in [-0.1, -0.05) is 0 Å². The van der Waals surface area contributed by atoms with Crippen molar-refractivity contribution in [3.63, 3.8) is 0 Å². The highest BCUT2D eigenvalue weighted by Crippen LogP contribution is 2.31. The van der Waals surface area contributed by atoms with Crippen LogP contribution in [0.3, 0.4) is 0 Å². The van der Waals surface area contributed by atoms with Crippen LogP contribution in [0.15, 0.2) is 17.5 Å². The second-order valence-corrected chi connectivity index (χ2v) is 6.31. The number of nitrogens with one attached hydrogen (secondary N) is 1. The zero-order chi connectivity index (χ0) is 13.6. The van der Waals surface area contributed by atoms with E-state index in [2.05, 4.69) is 5.32 Å². The van der Waals surface area contributed by atoms with Crippen molar-refractivity contribution in [2.24, 2.45) is 0 Å². The lowest BCUT2D eigenvalue weighted by atomic mass is 10.2. The normalized spacial score (nSPS) is 19.8. The number of carbonyl (C=O) groups is 3. The van der Waals surface area contributed by atoms with Gasteiger partial charge in [-0.3, -0.25) is 19.7 Å². The smallest absolute Gasteiger partial charge is 0.265 e. The Morgan fingerprint density at radius 2 is 2.21 bits per heavy atom. The van der Waals surface area contributed by atoms with Crippen LogP contribution in [0, 0.1) is 0 Å². The molecule has 0 aromatic carbocycles. The Balaban J connectivity index is 1.92. The molecule has 1 unspecified atom stereocenters. The van der Waals surface area contributed by atoms with Crippen LogP contribution in [0.1, 0.15) is 16.6 Å². The van der Waals surface area contributed by atoms with E-state index in [1.165, 1.54) is 16.2 Å². The van der Waals surface area contributed by atoms with E-state index in [-0.39, 0.29) is 12.5 Å². The molecule has 0 radical (unpaired) electrons. The molecule has 1 atom stereocenters. The van der Waals surface area contributed by atoms with Gasteiger partial charge in [0.05, 0.1) is 4.88 Å². The molecular formula is C12H10N2O3S2. The number of hydrogen-bond acceptors (Lipinski definition) is 5. The highest BCUT2D eigenvalue weighted by Gasteiger charge is 2.34. The highest BCUT2D eigenvalue weighted by atomic mass is 32.1. The van der Waals surface area contributed by atoms with Gasteiger partial charge in [0.1, 0.15) is 12.6 Å². The van der Waals surface area contributed by atoms with Gasteiger partial charge in [0.25, 0.3) is 5.91 Å². The summed E-state index contributed by atoms with van der Waals surface area (Å²) in [6.45, 7) is 1.55. The van der Waals surface area contributed by atoms with E-state index in [1.54, 1.807) is 18.3 Å². The minimum atomic E-state index is -0.620. The average Bonchev–Trinajstić information content (AvgIpc) is 2.93. The van der Waals surface area contributed by atoms with Gasteiger partial charge >= 0.3 is 0 Å². The van der Waals surface area contributed by atoms with Gasteiger partial charge in [-0.15, -0.1) is 22.7 Å². The van der Waals surface area contributed by atoms with Crippen LogP contribution < -0.4 is 5.32 Å². The topological polar surface area (TPSA) is 66.5 Å². The molecule has 0 aliphatic carbocycles. The Morgan fingerprint density at radius 1 is 1.42 bits per heavy atom. The Morgan fingerprint density at radius 3 is 2.95 bits per heavy atom. The van der Waals surface area contributed by atoms with Crippen LogP contribution in [0.25, 0.3) is 9.40 Å². The van der Waals surface area contributed by atoms with Crippen LogP contribution in [0.5, 0.6) is 0 Å².